The largest absolute Gasteiger partial charge is 0.134 e. The summed E-state index contributed by atoms with van der Waals surface area (Å²) in [4.78, 5) is 1.43. The van der Waals surface area contributed by atoms with Crippen LogP contribution in [0.5, 0.6) is 0 Å². The lowest BCUT2D eigenvalue weighted by Crippen LogP contribution is -1.77. The van der Waals surface area contributed by atoms with Gasteiger partial charge in [-0.05, 0) is 37.3 Å². The van der Waals surface area contributed by atoms with Crippen molar-refractivity contribution < 1.29 is 0 Å². The molecule has 0 aromatic heterocycles. The molecule has 0 amide bonds. The first-order valence-corrected chi connectivity index (χ1v) is 6.86. The molecule has 0 heterocycles. The average Bonchev–Trinajstić information content (AvgIpc) is 2.16. The quantitative estimate of drug-likeness (QED) is 0.534. The Balaban J connectivity index is 3.81. The third kappa shape index (κ3) is 8.71. The zero-order chi connectivity index (χ0) is 10.8. The van der Waals surface area contributed by atoms with Crippen molar-refractivity contribution in [3.63, 3.8) is 0 Å². The van der Waals surface area contributed by atoms with Crippen molar-refractivity contribution in [3.05, 3.63) is 22.1 Å². The maximum Gasteiger partial charge on any atom is 0.0113 e. The Morgan fingerprint density at radius 1 is 1.29 bits per heavy atom. The molecule has 0 nitrogen and oxygen atoms in total. The van der Waals surface area contributed by atoms with Crippen LogP contribution in [0.4, 0.5) is 0 Å². The van der Waals surface area contributed by atoms with Crippen LogP contribution < -0.4 is 0 Å². The number of hydrogen-bond donors (Lipinski definition) is 0. The molecule has 0 rings (SSSR count). The van der Waals surface area contributed by atoms with Crippen LogP contribution in [0.1, 0.15) is 46.0 Å². The predicted octanol–water partition coefficient (Wildman–Crippen LogP) is 5.35. The van der Waals surface area contributed by atoms with Crippen molar-refractivity contribution in [2.24, 2.45) is 0 Å². The van der Waals surface area contributed by atoms with Crippen molar-refractivity contribution in [1.29, 1.82) is 0 Å². The Kier molecular flexibility index (Phi) is 9.75. The minimum absolute atomic E-state index is 0.888. The van der Waals surface area contributed by atoms with Gasteiger partial charge in [0.1, 0.15) is 0 Å². The fourth-order valence-corrected chi connectivity index (χ4v) is 1.76. The molecule has 0 N–H and O–H groups in total. The van der Waals surface area contributed by atoms with Crippen molar-refractivity contribution in [2.75, 3.05) is 6.26 Å². The van der Waals surface area contributed by atoms with E-state index in [9.17, 15) is 0 Å². The molecule has 0 unspecified atom stereocenters. The maximum absolute atomic E-state index is 5.79. The molecule has 0 aromatic rings. The molecule has 0 bridgehead atoms. The second kappa shape index (κ2) is 9.67. The minimum Gasteiger partial charge on any atom is -0.134 e. The summed E-state index contributed by atoms with van der Waals surface area (Å²) >= 11 is 7.62. The summed E-state index contributed by atoms with van der Waals surface area (Å²) in [5.41, 5.74) is 0. The van der Waals surface area contributed by atoms with Crippen molar-refractivity contribution >= 4 is 23.4 Å². The Bertz CT molecular complexity index is 190. The van der Waals surface area contributed by atoms with E-state index in [0.29, 0.717) is 0 Å². The molecule has 14 heavy (non-hydrogen) atoms. The van der Waals surface area contributed by atoms with E-state index in [-0.39, 0.29) is 0 Å². The van der Waals surface area contributed by atoms with Gasteiger partial charge in [0, 0.05) is 5.03 Å². The summed E-state index contributed by atoms with van der Waals surface area (Å²) < 4.78 is 0. The van der Waals surface area contributed by atoms with Gasteiger partial charge in [0.2, 0.25) is 0 Å². The topological polar surface area (TPSA) is 0 Å². The summed E-state index contributed by atoms with van der Waals surface area (Å²) in [6, 6.07) is 0. The average molecular weight is 233 g/mol. The van der Waals surface area contributed by atoms with Crippen LogP contribution in [0.2, 0.25) is 0 Å². The van der Waals surface area contributed by atoms with E-state index >= 15 is 0 Å². The van der Waals surface area contributed by atoms with Crippen LogP contribution in [0.3, 0.4) is 0 Å². The molecular weight excluding hydrogens is 212 g/mol. The van der Waals surface area contributed by atoms with Gasteiger partial charge in [-0.25, -0.2) is 0 Å². The molecule has 0 aromatic carbocycles. The molecule has 0 aliphatic carbocycles. The van der Waals surface area contributed by atoms with E-state index in [1.807, 2.05) is 18.7 Å². The van der Waals surface area contributed by atoms with E-state index in [1.165, 1.54) is 30.6 Å². The van der Waals surface area contributed by atoms with Crippen LogP contribution in [-0.4, -0.2) is 6.26 Å². The first-order chi connectivity index (χ1) is 6.70. The number of rotatable bonds is 7. The lowest BCUT2D eigenvalue weighted by Gasteiger charge is -2.00. The first kappa shape index (κ1) is 14.1. The van der Waals surface area contributed by atoms with Crippen molar-refractivity contribution in [2.45, 2.75) is 46.0 Å². The Hall–Kier alpha value is 0.120. The van der Waals surface area contributed by atoms with Crippen molar-refractivity contribution in [1.82, 2.24) is 0 Å². The van der Waals surface area contributed by atoms with Gasteiger partial charge >= 0.3 is 0 Å². The van der Waals surface area contributed by atoms with Gasteiger partial charge in [-0.1, -0.05) is 43.5 Å². The molecule has 0 saturated heterocycles. The Labute approximate surface area is 97.8 Å². The summed E-state index contributed by atoms with van der Waals surface area (Å²) in [7, 11) is 0. The van der Waals surface area contributed by atoms with Gasteiger partial charge in [-0.15, -0.1) is 11.8 Å². The van der Waals surface area contributed by atoms with E-state index in [4.69, 9.17) is 11.6 Å². The fraction of sp³-hybridized carbons (Fsp3) is 0.667. The Morgan fingerprint density at radius 2 is 2.00 bits per heavy atom. The van der Waals surface area contributed by atoms with Crippen LogP contribution in [0.25, 0.3) is 0 Å². The molecular formula is C12H21ClS. The van der Waals surface area contributed by atoms with Gasteiger partial charge in [0.05, 0.1) is 0 Å². The number of allylic oxidation sites excluding steroid dienone is 4. The molecule has 0 atom stereocenters. The van der Waals surface area contributed by atoms with Gasteiger partial charge < -0.3 is 0 Å². The van der Waals surface area contributed by atoms with Crippen LogP contribution in [0.15, 0.2) is 22.1 Å². The van der Waals surface area contributed by atoms with Gasteiger partial charge in [-0.3, -0.25) is 0 Å². The highest BCUT2D eigenvalue weighted by atomic mass is 35.5. The summed E-state index contributed by atoms with van der Waals surface area (Å²) in [6.07, 6.45) is 12.7. The normalized spacial score (nSPS) is 13.4. The third-order valence-corrected chi connectivity index (χ3v) is 3.04. The minimum atomic E-state index is 0.888. The monoisotopic (exact) mass is 232 g/mol. The van der Waals surface area contributed by atoms with Crippen LogP contribution in [0, 0.1) is 0 Å². The maximum atomic E-state index is 5.79. The van der Waals surface area contributed by atoms with Crippen LogP contribution in [-0.2, 0) is 0 Å². The highest BCUT2D eigenvalue weighted by Crippen LogP contribution is 2.19. The molecule has 0 radical (unpaired) electrons. The summed E-state index contributed by atoms with van der Waals surface area (Å²) in [5, 5.41) is 0.888. The molecule has 0 aliphatic rings. The first-order valence-electron chi connectivity index (χ1n) is 5.26. The second-order valence-electron chi connectivity index (χ2n) is 3.37. The van der Waals surface area contributed by atoms with Gasteiger partial charge in [0.15, 0.2) is 0 Å². The standard InChI is InChI=1S/C12H21ClS/c1-4-5-6-7-8-12(14-3)10-9-11(2)13/h8-9H,4-7,10H2,1-3H3. The number of thioether (sulfide) groups is 1. The lowest BCUT2D eigenvalue weighted by molar-refractivity contribution is 0.728. The molecule has 0 aliphatic heterocycles. The number of unbranched alkanes of at least 4 members (excludes halogenated alkanes) is 3. The number of hydrogen-bond acceptors (Lipinski definition) is 1. The third-order valence-electron chi connectivity index (χ3n) is 2.03. The van der Waals surface area contributed by atoms with Crippen molar-refractivity contribution in [3.8, 4) is 0 Å². The highest BCUT2D eigenvalue weighted by Gasteiger charge is 1.93. The molecule has 2 heteroatoms. The second-order valence-corrected chi connectivity index (χ2v) is 4.89. The van der Waals surface area contributed by atoms with E-state index in [0.717, 1.165) is 11.5 Å². The Morgan fingerprint density at radius 3 is 2.50 bits per heavy atom. The SMILES string of the molecule is CCCCCC=C(CC=C(C)Cl)SC. The van der Waals surface area contributed by atoms with E-state index in [1.54, 1.807) is 0 Å². The molecule has 0 fully saturated rings. The summed E-state index contributed by atoms with van der Waals surface area (Å²) in [5.74, 6) is 0. The summed E-state index contributed by atoms with van der Waals surface area (Å²) in [6.45, 7) is 4.16. The zero-order valence-electron chi connectivity index (χ0n) is 9.48. The van der Waals surface area contributed by atoms with Gasteiger partial charge in [0.25, 0.3) is 0 Å². The predicted molar refractivity (Wildman–Crippen MR) is 70.0 cm³/mol. The lowest BCUT2D eigenvalue weighted by atomic mass is 10.2. The number of halogens is 1. The molecule has 82 valence electrons. The van der Waals surface area contributed by atoms with E-state index in [2.05, 4.69) is 25.3 Å². The van der Waals surface area contributed by atoms with Gasteiger partial charge in [-0.2, -0.15) is 0 Å². The smallest absolute Gasteiger partial charge is 0.0113 e. The molecule has 0 spiro atoms. The van der Waals surface area contributed by atoms with Crippen LogP contribution >= 0.6 is 23.4 Å². The molecule has 0 saturated carbocycles. The van der Waals surface area contributed by atoms with E-state index < -0.39 is 0 Å². The highest BCUT2D eigenvalue weighted by molar-refractivity contribution is 8.02. The fourth-order valence-electron chi connectivity index (χ4n) is 1.15. The zero-order valence-corrected chi connectivity index (χ0v) is 11.0.